The van der Waals surface area contributed by atoms with Gasteiger partial charge in [-0.05, 0) is 6.92 Å². The van der Waals surface area contributed by atoms with Crippen LogP contribution in [0.5, 0.6) is 0 Å². The van der Waals surface area contributed by atoms with Gasteiger partial charge in [0.15, 0.2) is 0 Å². The van der Waals surface area contributed by atoms with Gasteiger partial charge in [0.05, 0.1) is 0 Å². The molecule has 6 heteroatoms. The fourth-order valence-corrected chi connectivity index (χ4v) is 1.90. The molecule has 0 radical (unpaired) electrons. The van der Waals surface area contributed by atoms with E-state index in [0.29, 0.717) is 10.0 Å². The van der Waals surface area contributed by atoms with Crippen LogP contribution in [0.15, 0.2) is 11.8 Å². The second-order valence-corrected chi connectivity index (χ2v) is 4.56. The number of amides is 1. The molecule has 0 aromatic rings. The zero-order valence-corrected chi connectivity index (χ0v) is 7.92. The van der Waals surface area contributed by atoms with E-state index in [1.165, 1.54) is 20.2 Å². The first-order valence-corrected chi connectivity index (χ1v) is 4.72. The van der Waals surface area contributed by atoms with E-state index in [1.54, 1.807) is 6.92 Å². The van der Waals surface area contributed by atoms with Crippen molar-refractivity contribution < 1.29 is 13.2 Å². The SMILES string of the molecule is CC1=CC(=O)N(C)S(=O)(=O)N1C. The summed E-state index contributed by atoms with van der Waals surface area (Å²) in [5.74, 6) is -0.509. The van der Waals surface area contributed by atoms with E-state index in [-0.39, 0.29) is 0 Å². The number of allylic oxidation sites excluding steroid dienone is 1. The van der Waals surface area contributed by atoms with Crippen LogP contribution < -0.4 is 0 Å². The van der Waals surface area contributed by atoms with Gasteiger partial charge in [-0.25, -0.2) is 4.31 Å². The van der Waals surface area contributed by atoms with Gasteiger partial charge in [-0.15, -0.1) is 0 Å². The van der Waals surface area contributed by atoms with E-state index in [9.17, 15) is 13.2 Å². The van der Waals surface area contributed by atoms with Crippen molar-refractivity contribution in [3.63, 3.8) is 0 Å². The van der Waals surface area contributed by atoms with Crippen LogP contribution in [0.3, 0.4) is 0 Å². The Morgan fingerprint density at radius 1 is 1.25 bits per heavy atom. The zero-order chi connectivity index (χ0) is 9.52. The summed E-state index contributed by atoms with van der Waals surface area (Å²) in [6.07, 6.45) is 1.28. The molecule has 1 amide bonds. The summed E-state index contributed by atoms with van der Waals surface area (Å²) in [7, 11) is -0.950. The highest BCUT2D eigenvalue weighted by Crippen LogP contribution is 2.16. The highest BCUT2D eigenvalue weighted by Gasteiger charge is 2.31. The fourth-order valence-electron chi connectivity index (χ4n) is 0.840. The van der Waals surface area contributed by atoms with Gasteiger partial charge in [-0.1, -0.05) is 0 Å². The molecule has 0 saturated carbocycles. The lowest BCUT2D eigenvalue weighted by Gasteiger charge is -2.29. The number of rotatable bonds is 0. The highest BCUT2D eigenvalue weighted by molar-refractivity contribution is 7.87. The Bertz CT molecular complexity index is 344. The smallest absolute Gasteiger partial charge is 0.269 e. The lowest BCUT2D eigenvalue weighted by molar-refractivity contribution is -0.121. The van der Waals surface area contributed by atoms with Crippen molar-refractivity contribution in [3.8, 4) is 0 Å². The fraction of sp³-hybridized carbons (Fsp3) is 0.500. The number of hydrogen-bond donors (Lipinski definition) is 0. The van der Waals surface area contributed by atoms with Crippen molar-refractivity contribution in [3.05, 3.63) is 11.8 Å². The van der Waals surface area contributed by atoms with Gasteiger partial charge in [0, 0.05) is 25.9 Å². The molecule has 0 bridgehead atoms. The predicted molar refractivity (Wildman–Crippen MR) is 43.2 cm³/mol. The molecule has 0 saturated heterocycles. The van der Waals surface area contributed by atoms with Gasteiger partial charge in [0.25, 0.3) is 5.91 Å². The van der Waals surface area contributed by atoms with Crippen LogP contribution >= 0.6 is 0 Å². The largest absolute Gasteiger partial charge is 0.328 e. The summed E-state index contributed by atoms with van der Waals surface area (Å²) in [5, 5.41) is 0. The highest BCUT2D eigenvalue weighted by atomic mass is 32.2. The Balaban J connectivity index is 3.28. The van der Waals surface area contributed by atoms with Crippen LogP contribution in [0.4, 0.5) is 0 Å². The molecule has 1 heterocycles. The predicted octanol–water partition coefficient (Wildman–Crippen LogP) is -0.461. The number of carbonyl (C=O) groups excluding carboxylic acids is 1. The maximum Gasteiger partial charge on any atom is 0.328 e. The van der Waals surface area contributed by atoms with Crippen molar-refractivity contribution in [1.82, 2.24) is 8.61 Å². The third-order valence-electron chi connectivity index (χ3n) is 1.83. The minimum atomic E-state index is -3.59. The van der Waals surface area contributed by atoms with E-state index >= 15 is 0 Å². The molecule has 0 aliphatic carbocycles. The molecule has 0 N–H and O–H groups in total. The van der Waals surface area contributed by atoms with Crippen LogP contribution in [0, 0.1) is 0 Å². The normalized spacial score (nSPS) is 22.6. The first kappa shape index (κ1) is 9.05. The molecule has 68 valence electrons. The quantitative estimate of drug-likeness (QED) is 0.519. The van der Waals surface area contributed by atoms with Gasteiger partial charge in [0.2, 0.25) is 0 Å². The number of carbonyl (C=O) groups is 1. The average Bonchev–Trinajstić information content (AvgIpc) is 1.99. The van der Waals surface area contributed by atoms with Crippen molar-refractivity contribution in [1.29, 1.82) is 0 Å². The van der Waals surface area contributed by atoms with Crippen LogP contribution in [-0.4, -0.2) is 37.0 Å². The Kier molecular flexibility index (Phi) is 1.87. The van der Waals surface area contributed by atoms with Gasteiger partial charge in [0.1, 0.15) is 0 Å². The van der Waals surface area contributed by atoms with E-state index < -0.39 is 16.1 Å². The lowest BCUT2D eigenvalue weighted by Crippen LogP contribution is -2.45. The minimum Gasteiger partial charge on any atom is -0.269 e. The van der Waals surface area contributed by atoms with E-state index in [4.69, 9.17) is 0 Å². The van der Waals surface area contributed by atoms with Crippen LogP contribution in [0.1, 0.15) is 6.92 Å². The number of likely N-dealkylation sites (N-methyl/N-ethyl adjacent to an activating group) is 1. The summed E-state index contributed by atoms with van der Waals surface area (Å²) in [5.41, 5.74) is 0.429. The van der Waals surface area contributed by atoms with Crippen LogP contribution in [0.2, 0.25) is 0 Å². The molecule has 1 aliphatic heterocycles. The summed E-state index contributed by atoms with van der Waals surface area (Å²) < 4.78 is 24.4. The maximum absolute atomic E-state index is 11.3. The van der Waals surface area contributed by atoms with Gasteiger partial charge < -0.3 is 0 Å². The average molecular weight is 190 g/mol. The zero-order valence-electron chi connectivity index (χ0n) is 7.10. The van der Waals surface area contributed by atoms with Gasteiger partial charge in [-0.2, -0.15) is 8.42 Å². The summed E-state index contributed by atoms with van der Waals surface area (Å²) in [6, 6.07) is 0. The van der Waals surface area contributed by atoms with Crippen molar-refractivity contribution in [2.24, 2.45) is 0 Å². The summed E-state index contributed by atoms with van der Waals surface area (Å²) in [6.45, 7) is 1.57. The molecule has 0 fully saturated rings. The maximum atomic E-state index is 11.3. The molecule has 0 unspecified atom stereocenters. The number of nitrogens with zero attached hydrogens (tertiary/aromatic N) is 2. The van der Waals surface area contributed by atoms with E-state index in [0.717, 1.165) is 4.31 Å². The molecular formula is C6H10N2O3S. The monoisotopic (exact) mass is 190 g/mol. The molecule has 0 aromatic carbocycles. The van der Waals surface area contributed by atoms with Crippen molar-refractivity contribution in [2.75, 3.05) is 14.1 Å². The molecule has 0 atom stereocenters. The van der Waals surface area contributed by atoms with Crippen LogP contribution in [0.25, 0.3) is 0 Å². The molecule has 0 spiro atoms. The summed E-state index contributed by atoms with van der Waals surface area (Å²) in [4.78, 5) is 11.0. The Morgan fingerprint density at radius 3 is 2.25 bits per heavy atom. The van der Waals surface area contributed by atoms with E-state index in [2.05, 4.69) is 0 Å². The molecule has 1 aliphatic rings. The standard InChI is InChI=1S/C6H10N2O3S/c1-5-4-6(9)8(3)12(10,11)7(5)2/h4H,1-3H3. The third kappa shape index (κ3) is 1.08. The second-order valence-electron chi connectivity index (χ2n) is 2.57. The Hall–Kier alpha value is -1.04. The molecule has 0 aromatic heterocycles. The lowest BCUT2D eigenvalue weighted by atomic mass is 10.4. The second kappa shape index (κ2) is 2.48. The summed E-state index contributed by atoms with van der Waals surface area (Å²) >= 11 is 0. The van der Waals surface area contributed by atoms with Crippen molar-refractivity contribution in [2.45, 2.75) is 6.92 Å². The molecule has 12 heavy (non-hydrogen) atoms. The minimum absolute atomic E-state index is 0.429. The van der Waals surface area contributed by atoms with Crippen LogP contribution in [-0.2, 0) is 15.0 Å². The first-order valence-electron chi connectivity index (χ1n) is 3.32. The topological polar surface area (TPSA) is 57.7 Å². The third-order valence-corrected chi connectivity index (χ3v) is 3.68. The van der Waals surface area contributed by atoms with E-state index in [1.807, 2.05) is 0 Å². The van der Waals surface area contributed by atoms with Gasteiger partial charge >= 0.3 is 10.2 Å². The Morgan fingerprint density at radius 2 is 1.75 bits per heavy atom. The molecule has 1 rings (SSSR count). The number of hydrogen-bond acceptors (Lipinski definition) is 3. The van der Waals surface area contributed by atoms with Crippen molar-refractivity contribution >= 4 is 16.1 Å². The van der Waals surface area contributed by atoms with Gasteiger partial charge in [-0.3, -0.25) is 9.10 Å². The Labute approximate surface area is 71.4 Å². The molecule has 5 nitrogen and oxygen atoms in total. The first-order chi connectivity index (χ1) is 5.37. The molecular weight excluding hydrogens is 180 g/mol.